The maximum absolute atomic E-state index is 13.1. The molecule has 1 atom stereocenters. The Morgan fingerprint density at radius 3 is 2.63 bits per heavy atom. The number of hydrogen-bond donors (Lipinski definition) is 3. The molecule has 1 aliphatic rings. The summed E-state index contributed by atoms with van der Waals surface area (Å²) in [4.78, 5) is 36.0. The molecule has 0 radical (unpaired) electrons. The first-order valence-corrected chi connectivity index (χ1v) is 11.4. The van der Waals surface area contributed by atoms with Crippen LogP contribution in [0, 0.1) is 6.92 Å². The number of methoxy groups -OCH3 is 1. The fourth-order valence-electron chi connectivity index (χ4n) is 4.29. The van der Waals surface area contributed by atoms with Gasteiger partial charge in [-0.25, -0.2) is 9.97 Å². The number of rotatable bonds is 7. The third-order valence-corrected chi connectivity index (χ3v) is 6.08. The smallest absolute Gasteiger partial charge is 0.227 e. The Balaban J connectivity index is 1.52. The molecule has 10 heteroatoms. The average molecular weight is 481 g/mol. The maximum Gasteiger partial charge on any atom is 0.227 e. The van der Waals surface area contributed by atoms with Crippen molar-refractivity contribution in [1.82, 2.24) is 15.3 Å². The molecule has 1 unspecified atom stereocenters. The first-order chi connectivity index (χ1) is 16.9. The second-order valence-electron chi connectivity index (χ2n) is 8.50. The van der Waals surface area contributed by atoms with Crippen LogP contribution in [-0.4, -0.2) is 52.3 Å². The summed E-state index contributed by atoms with van der Waals surface area (Å²) < 4.78 is 10.9. The average Bonchev–Trinajstić information content (AvgIpc) is 2.86. The van der Waals surface area contributed by atoms with E-state index in [2.05, 4.69) is 20.2 Å². The number of carbonyl (C=O) groups excluding carboxylic acids is 1. The van der Waals surface area contributed by atoms with Crippen LogP contribution in [0.4, 0.5) is 5.95 Å². The Bertz CT molecular complexity index is 1240. The summed E-state index contributed by atoms with van der Waals surface area (Å²) in [7, 11) is 1.41. The van der Waals surface area contributed by atoms with Gasteiger partial charge in [-0.15, -0.1) is 0 Å². The lowest BCUT2D eigenvalue weighted by atomic mass is 9.91. The van der Waals surface area contributed by atoms with E-state index in [9.17, 15) is 19.8 Å². The van der Waals surface area contributed by atoms with E-state index < -0.39 is 17.1 Å². The zero-order chi connectivity index (χ0) is 24.9. The van der Waals surface area contributed by atoms with E-state index >= 15 is 0 Å². The van der Waals surface area contributed by atoms with Crippen LogP contribution >= 0.6 is 0 Å². The van der Waals surface area contributed by atoms with Gasteiger partial charge in [-0.2, -0.15) is 0 Å². The highest BCUT2D eigenvalue weighted by atomic mass is 16.5. The first kappa shape index (κ1) is 24.1. The molecule has 1 saturated heterocycles. The van der Waals surface area contributed by atoms with Gasteiger partial charge in [-0.3, -0.25) is 9.59 Å². The van der Waals surface area contributed by atoms with Crippen molar-refractivity contribution in [2.45, 2.75) is 38.1 Å². The van der Waals surface area contributed by atoms with Crippen LogP contribution < -0.4 is 20.4 Å². The number of aromatic hydroxyl groups is 2. The molecule has 10 nitrogen and oxygen atoms in total. The van der Waals surface area contributed by atoms with Gasteiger partial charge in [0.2, 0.25) is 23.0 Å². The van der Waals surface area contributed by atoms with Crippen molar-refractivity contribution in [2.75, 3.05) is 25.1 Å². The predicted molar refractivity (Wildman–Crippen MR) is 128 cm³/mol. The van der Waals surface area contributed by atoms with E-state index in [-0.39, 0.29) is 35.6 Å². The molecule has 1 aromatic carbocycles. The minimum absolute atomic E-state index is 0.00561. The lowest BCUT2D eigenvalue weighted by Gasteiger charge is -2.32. The number of amides is 1. The zero-order valence-electron chi connectivity index (χ0n) is 19.6. The number of nitrogens with one attached hydrogen (secondary N) is 1. The molecule has 35 heavy (non-hydrogen) atoms. The van der Waals surface area contributed by atoms with E-state index in [0.717, 1.165) is 12.8 Å². The van der Waals surface area contributed by atoms with Crippen molar-refractivity contribution >= 4 is 11.9 Å². The molecule has 0 saturated carbocycles. The number of benzene rings is 1. The van der Waals surface area contributed by atoms with Crippen molar-refractivity contribution in [3.63, 3.8) is 0 Å². The number of aromatic nitrogens is 2. The molecular weight excluding hydrogens is 452 g/mol. The fraction of sp³-hybridized carbons (Fsp3) is 0.360. The first-order valence-electron chi connectivity index (χ1n) is 11.4. The quantitative estimate of drug-likeness (QED) is 0.465. The van der Waals surface area contributed by atoms with Crippen LogP contribution in [0.5, 0.6) is 17.2 Å². The standard InChI is InChI=1S/C25H28N4O6/c1-15-12-20(31)23(33)24(35-15)18(16-4-5-19(30)21(13-16)34-2)14-22(32)28-17-6-10-29(11-7-17)25-26-8-3-9-27-25/h3-5,8-9,12-13,17-18,30,33H,6-7,10-11,14H2,1-2H3,(H,28,32). The molecule has 0 spiro atoms. The summed E-state index contributed by atoms with van der Waals surface area (Å²) in [6.45, 7) is 3.02. The number of carbonyl (C=O) groups is 1. The van der Waals surface area contributed by atoms with Gasteiger partial charge in [0, 0.05) is 44.0 Å². The molecule has 0 bridgehead atoms. The van der Waals surface area contributed by atoms with Crippen molar-refractivity contribution in [2.24, 2.45) is 0 Å². The number of phenolic OH excluding ortho intramolecular Hbond substituents is 1. The SMILES string of the molecule is COc1cc(C(CC(=O)NC2CCN(c3ncccn3)CC2)c2oc(C)cc(=O)c2O)ccc1O. The topological polar surface area (TPSA) is 138 Å². The largest absolute Gasteiger partial charge is 0.504 e. The number of hydrogen-bond acceptors (Lipinski definition) is 9. The van der Waals surface area contributed by atoms with Gasteiger partial charge in [-0.1, -0.05) is 6.07 Å². The molecule has 3 aromatic rings. The molecule has 1 amide bonds. The monoisotopic (exact) mass is 480 g/mol. The Kier molecular flexibility index (Phi) is 7.19. The lowest BCUT2D eigenvalue weighted by molar-refractivity contribution is -0.122. The van der Waals surface area contributed by atoms with Crippen LogP contribution in [0.3, 0.4) is 0 Å². The van der Waals surface area contributed by atoms with E-state index in [1.165, 1.54) is 19.2 Å². The van der Waals surface area contributed by atoms with Crippen LogP contribution in [0.15, 0.2) is 51.9 Å². The van der Waals surface area contributed by atoms with Gasteiger partial charge in [0.05, 0.1) is 13.0 Å². The molecule has 184 valence electrons. The van der Waals surface area contributed by atoms with Gasteiger partial charge in [0.15, 0.2) is 17.3 Å². The zero-order valence-corrected chi connectivity index (χ0v) is 19.6. The van der Waals surface area contributed by atoms with Crippen LogP contribution in [0.1, 0.15) is 42.3 Å². The van der Waals surface area contributed by atoms with Crippen LogP contribution in [-0.2, 0) is 4.79 Å². The summed E-state index contributed by atoms with van der Waals surface area (Å²) in [6.07, 6.45) is 4.79. The third-order valence-electron chi connectivity index (χ3n) is 6.08. The van der Waals surface area contributed by atoms with E-state index in [0.29, 0.717) is 30.4 Å². The highest BCUT2D eigenvalue weighted by Gasteiger charge is 2.28. The van der Waals surface area contributed by atoms with Gasteiger partial charge in [-0.05, 0) is 43.5 Å². The Labute approximate surface area is 202 Å². The molecule has 1 aliphatic heterocycles. The number of phenols is 1. The minimum Gasteiger partial charge on any atom is -0.504 e. The summed E-state index contributed by atoms with van der Waals surface area (Å²) in [5, 5.41) is 23.5. The van der Waals surface area contributed by atoms with Crippen molar-refractivity contribution in [1.29, 1.82) is 0 Å². The fourth-order valence-corrected chi connectivity index (χ4v) is 4.29. The lowest BCUT2D eigenvalue weighted by Crippen LogP contribution is -2.45. The molecule has 2 aromatic heterocycles. The normalized spacial score (nSPS) is 15.0. The van der Waals surface area contributed by atoms with Crippen LogP contribution in [0.2, 0.25) is 0 Å². The highest BCUT2D eigenvalue weighted by molar-refractivity contribution is 5.78. The number of aryl methyl sites for hydroxylation is 1. The highest BCUT2D eigenvalue weighted by Crippen LogP contribution is 2.37. The summed E-state index contributed by atoms with van der Waals surface area (Å²) in [5.74, 6) is -0.445. The van der Waals surface area contributed by atoms with E-state index in [1.54, 1.807) is 37.5 Å². The molecule has 4 rings (SSSR count). The summed E-state index contributed by atoms with van der Waals surface area (Å²) in [5.41, 5.74) is -0.0368. The summed E-state index contributed by atoms with van der Waals surface area (Å²) >= 11 is 0. The molecule has 3 heterocycles. The Morgan fingerprint density at radius 2 is 1.94 bits per heavy atom. The molecule has 3 N–H and O–H groups in total. The van der Waals surface area contributed by atoms with Crippen LogP contribution in [0.25, 0.3) is 0 Å². The Morgan fingerprint density at radius 1 is 1.23 bits per heavy atom. The number of ether oxygens (including phenoxy) is 1. The molecule has 1 fully saturated rings. The Hall–Kier alpha value is -4.08. The van der Waals surface area contributed by atoms with Gasteiger partial charge >= 0.3 is 0 Å². The molecular formula is C25H28N4O6. The predicted octanol–water partition coefficient (Wildman–Crippen LogP) is 2.47. The van der Waals surface area contributed by atoms with Crippen molar-refractivity contribution in [3.05, 3.63) is 70.0 Å². The van der Waals surface area contributed by atoms with Gasteiger partial charge < -0.3 is 29.6 Å². The van der Waals surface area contributed by atoms with Crippen molar-refractivity contribution < 1.29 is 24.2 Å². The van der Waals surface area contributed by atoms with E-state index in [4.69, 9.17) is 9.15 Å². The molecule has 0 aliphatic carbocycles. The summed E-state index contributed by atoms with van der Waals surface area (Å²) in [6, 6.07) is 7.53. The number of nitrogens with zero attached hydrogens (tertiary/aromatic N) is 3. The minimum atomic E-state index is -0.769. The number of piperidine rings is 1. The second kappa shape index (κ2) is 10.5. The van der Waals surface area contributed by atoms with E-state index in [1.807, 2.05) is 0 Å². The second-order valence-corrected chi connectivity index (χ2v) is 8.50. The van der Waals surface area contributed by atoms with Gasteiger partial charge in [0.25, 0.3) is 0 Å². The maximum atomic E-state index is 13.1. The van der Waals surface area contributed by atoms with Crippen molar-refractivity contribution in [3.8, 4) is 17.2 Å². The number of anilines is 1. The third kappa shape index (κ3) is 5.53. The van der Waals surface area contributed by atoms with Gasteiger partial charge in [0.1, 0.15) is 5.76 Å².